The summed E-state index contributed by atoms with van der Waals surface area (Å²) in [5.74, 6) is 0.931. The Morgan fingerprint density at radius 2 is 2.00 bits per heavy atom. The highest BCUT2D eigenvalue weighted by atomic mass is 15.3. The first-order valence-electron chi connectivity index (χ1n) is 9.35. The number of fused-ring (bicyclic) bond motifs is 1. The average molecular weight is 360 g/mol. The van der Waals surface area contributed by atoms with Crippen LogP contribution in [0.3, 0.4) is 0 Å². The molecular weight excluding hydrogens is 336 g/mol. The summed E-state index contributed by atoms with van der Waals surface area (Å²) < 4.78 is 1.83. The molecule has 1 aromatic carbocycles. The van der Waals surface area contributed by atoms with Gasteiger partial charge in [0.1, 0.15) is 5.82 Å². The Balaban J connectivity index is 1.69. The minimum atomic E-state index is -0.505. The largest absolute Gasteiger partial charge is 0.367 e. The summed E-state index contributed by atoms with van der Waals surface area (Å²) in [5.41, 5.74) is 9.25. The first kappa shape index (κ1) is 17.5. The van der Waals surface area contributed by atoms with E-state index in [2.05, 4.69) is 16.5 Å². The Morgan fingerprint density at radius 3 is 2.67 bits per heavy atom. The minimum absolute atomic E-state index is 0.271. The highest BCUT2D eigenvalue weighted by molar-refractivity contribution is 5.67. The molecule has 3 aromatic rings. The molecule has 2 heterocycles. The average Bonchev–Trinajstić information content (AvgIpc) is 3.30. The maximum Gasteiger partial charge on any atom is 0.157 e. The molecule has 0 spiro atoms. The molecule has 2 aromatic heterocycles. The topological polar surface area (TPSA) is 92.0 Å². The van der Waals surface area contributed by atoms with Crippen LogP contribution >= 0.6 is 0 Å². The van der Waals surface area contributed by atoms with Crippen molar-refractivity contribution in [1.29, 1.82) is 5.26 Å². The number of rotatable bonds is 4. The van der Waals surface area contributed by atoms with Crippen molar-refractivity contribution >= 4 is 11.5 Å². The molecule has 0 amide bonds. The zero-order valence-electron chi connectivity index (χ0n) is 15.7. The fraction of sp³-hybridized carbons (Fsp3) is 0.381. The Morgan fingerprint density at radius 1 is 1.22 bits per heavy atom. The summed E-state index contributed by atoms with van der Waals surface area (Å²) in [5, 5.41) is 17.3. The standard InChI is InChI=1S/C21H24N6/c1-21(2,13-22)15-5-3-14(4-6-15)18-12-20(25-17-8-7-16(23)11-17)27-19(26-18)9-10-24-27/h3-6,9-10,12,16-17,25H,7-8,11,23H2,1-2H3/t16-,17-/m0/s1. The van der Waals surface area contributed by atoms with Gasteiger partial charge in [-0.05, 0) is 38.7 Å². The number of hydrogen-bond donors (Lipinski definition) is 2. The monoisotopic (exact) mass is 360 g/mol. The second-order valence-electron chi connectivity index (χ2n) is 7.86. The first-order chi connectivity index (χ1) is 13.0. The highest BCUT2D eigenvalue weighted by Crippen LogP contribution is 2.28. The van der Waals surface area contributed by atoms with Crippen molar-refractivity contribution in [1.82, 2.24) is 14.6 Å². The van der Waals surface area contributed by atoms with Crippen molar-refractivity contribution in [2.24, 2.45) is 5.73 Å². The summed E-state index contributed by atoms with van der Waals surface area (Å²) in [7, 11) is 0. The molecule has 0 radical (unpaired) electrons. The van der Waals surface area contributed by atoms with Crippen LogP contribution in [0, 0.1) is 11.3 Å². The molecule has 138 valence electrons. The molecule has 0 saturated heterocycles. The molecule has 4 rings (SSSR count). The zero-order valence-corrected chi connectivity index (χ0v) is 15.7. The van der Waals surface area contributed by atoms with Crippen LogP contribution in [0.1, 0.15) is 38.7 Å². The molecule has 3 N–H and O–H groups in total. The fourth-order valence-corrected chi connectivity index (χ4v) is 3.64. The summed E-state index contributed by atoms with van der Waals surface area (Å²) in [6.45, 7) is 3.85. The smallest absolute Gasteiger partial charge is 0.157 e. The number of hydrogen-bond acceptors (Lipinski definition) is 5. The van der Waals surface area contributed by atoms with Crippen LogP contribution in [0.15, 0.2) is 42.6 Å². The van der Waals surface area contributed by atoms with Gasteiger partial charge in [-0.2, -0.15) is 14.9 Å². The SMILES string of the molecule is CC(C)(C#N)c1ccc(-c2cc(N[C@H]3CC[C@H](N)C3)n3nccc3n2)cc1. The van der Waals surface area contributed by atoms with Gasteiger partial charge >= 0.3 is 0 Å². The third kappa shape index (κ3) is 3.38. The molecular formula is C21H24N6. The van der Waals surface area contributed by atoms with Gasteiger partial charge in [0.05, 0.1) is 23.4 Å². The van der Waals surface area contributed by atoms with Gasteiger partial charge in [0, 0.05) is 29.8 Å². The van der Waals surface area contributed by atoms with Crippen molar-refractivity contribution in [3.05, 3.63) is 48.2 Å². The van der Waals surface area contributed by atoms with Gasteiger partial charge in [0.25, 0.3) is 0 Å². The zero-order chi connectivity index (χ0) is 19.0. The lowest BCUT2D eigenvalue weighted by molar-refractivity contribution is 0.684. The second kappa shape index (κ2) is 6.67. The predicted octanol–water partition coefficient (Wildman–Crippen LogP) is 3.49. The third-order valence-electron chi connectivity index (χ3n) is 5.37. The number of aromatic nitrogens is 3. The molecule has 6 nitrogen and oxygen atoms in total. The van der Waals surface area contributed by atoms with E-state index in [9.17, 15) is 5.26 Å². The molecule has 1 aliphatic carbocycles. The molecule has 0 bridgehead atoms. The van der Waals surface area contributed by atoms with E-state index in [0.717, 1.165) is 47.5 Å². The van der Waals surface area contributed by atoms with E-state index in [1.807, 2.05) is 54.8 Å². The normalized spacial score (nSPS) is 19.9. The number of nitrogens with two attached hydrogens (primary N) is 1. The first-order valence-corrected chi connectivity index (χ1v) is 9.35. The predicted molar refractivity (Wildman–Crippen MR) is 106 cm³/mol. The Kier molecular flexibility index (Phi) is 4.33. The van der Waals surface area contributed by atoms with Crippen LogP contribution in [-0.2, 0) is 5.41 Å². The quantitative estimate of drug-likeness (QED) is 0.743. The van der Waals surface area contributed by atoms with E-state index in [4.69, 9.17) is 10.7 Å². The van der Waals surface area contributed by atoms with Crippen molar-refractivity contribution in [2.45, 2.75) is 50.6 Å². The Hall–Kier alpha value is -2.91. The number of nitrogens with zero attached hydrogens (tertiary/aromatic N) is 4. The lowest BCUT2D eigenvalue weighted by Gasteiger charge is -2.17. The minimum Gasteiger partial charge on any atom is -0.367 e. The Bertz CT molecular complexity index is 996. The molecule has 1 saturated carbocycles. The van der Waals surface area contributed by atoms with Crippen LogP contribution in [0.4, 0.5) is 5.82 Å². The molecule has 0 unspecified atom stereocenters. The van der Waals surface area contributed by atoms with Crippen LogP contribution in [0.2, 0.25) is 0 Å². The Labute approximate surface area is 159 Å². The molecule has 6 heteroatoms. The summed E-state index contributed by atoms with van der Waals surface area (Å²) in [6.07, 6.45) is 4.85. The molecule has 1 aliphatic rings. The van der Waals surface area contributed by atoms with E-state index in [0.29, 0.717) is 6.04 Å². The van der Waals surface area contributed by atoms with Gasteiger partial charge in [-0.3, -0.25) is 0 Å². The maximum atomic E-state index is 9.33. The number of nitrogens with one attached hydrogen (secondary N) is 1. The van der Waals surface area contributed by atoms with E-state index >= 15 is 0 Å². The maximum absolute atomic E-state index is 9.33. The number of benzene rings is 1. The van der Waals surface area contributed by atoms with Gasteiger partial charge in [-0.15, -0.1) is 0 Å². The molecule has 1 fully saturated rings. The van der Waals surface area contributed by atoms with E-state index in [1.54, 1.807) is 6.20 Å². The van der Waals surface area contributed by atoms with Crippen molar-refractivity contribution in [3.8, 4) is 17.3 Å². The fourth-order valence-electron chi connectivity index (χ4n) is 3.64. The van der Waals surface area contributed by atoms with E-state index in [1.165, 1.54) is 0 Å². The highest BCUT2D eigenvalue weighted by Gasteiger charge is 2.23. The summed E-state index contributed by atoms with van der Waals surface area (Å²) >= 11 is 0. The van der Waals surface area contributed by atoms with Gasteiger partial charge in [0.2, 0.25) is 0 Å². The lowest BCUT2D eigenvalue weighted by atomic mass is 9.86. The van der Waals surface area contributed by atoms with Crippen LogP contribution < -0.4 is 11.1 Å². The number of anilines is 1. The summed E-state index contributed by atoms with van der Waals surface area (Å²) in [4.78, 5) is 4.74. The van der Waals surface area contributed by atoms with Crippen molar-refractivity contribution in [2.75, 3.05) is 5.32 Å². The van der Waals surface area contributed by atoms with Crippen LogP contribution in [0.5, 0.6) is 0 Å². The van der Waals surface area contributed by atoms with Crippen LogP contribution in [0.25, 0.3) is 16.9 Å². The van der Waals surface area contributed by atoms with E-state index < -0.39 is 5.41 Å². The second-order valence-corrected chi connectivity index (χ2v) is 7.86. The lowest BCUT2D eigenvalue weighted by Crippen LogP contribution is -2.22. The van der Waals surface area contributed by atoms with Crippen molar-refractivity contribution in [3.63, 3.8) is 0 Å². The molecule has 27 heavy (non-hydrogen) atoms. The third-order valence-corrected chi connectivity index (χ3v) is 5.37. The molecule has 0 aliphatic heterocycles. The van der Waals surface area contributed by atoms with Gasteiger partial charge in [-0.1, -0.05) is 24.3 Å². The van der Waals surface area contributed by atoms with Crippen LogP contribution in [-0.4, -0.2) is 26.7 Å². The van der Waals surface area contributed by atoms with Gasteiger partial charge in [0.15, 0.2) is 5.65 Å². The van der Waals surface area contributed by atoms with Crippen molar-refractivity contribution < 1.29 is 0 Å². The van der Waals surface area contributed by atoms with Gasteiger partial charge < -0.3 is 11.1 Å². The summed E-state index contributed by atoms with van der Waals surface area (Å²) in [6, 6.07) is 15.0. The van der Waals surface area contributed by atoms with Gasteiger partial charge in [-0.25, -0.2) is 4.98 Å². The number of nitriles is 1. The molecule has 2 atom stereocenters. The van der Waals surface area contributed by atoms with E-state index in [-0.39, 0.29) is 6.04 Å².